The van der Waals surface area contributed by atoms with Crippen LogP contribution >= 0.6 is 0 Å². The number of amides is 1. The van der Waals surface area contributed by atoms with Crippen molar-refractivity contribution >= 4 is 11.6 Å². The number of hydrogen-bond acceptors (Lipinski definition) is 3. The van der Waals surface area contributed by atoms with Gasteiger partial charge in [-0.2, -0.15) is 0 Å². The Labute approximate surface area is 130 Å². The Balaban J connectivity index is 1.92. The molecule has 2 rings (SSSR count). The fourth-order valence-electron chi connectivity index (χ4n) is 2.50. The van der Waals surface area contributed by atoms with Gasteiger partial charge in [0, 0.05) is 11.8 Å². The maximum absolute atomic E-state index is 14.0. The summed E-state index contributed by atoms with van der Waals surface area (Å²) in [5.74, 6) is -0.573. The summed E-state index contributed by atoms with van der Waals surface area (Å²) in [4.78, 5) is 11.8. The molecule has 0 aliphatic heterocycles. The molecule has 1 aliphatic rings. The zero-order valence-corrected chi connectivity index (χ0v) is 13.1. The smallest absolute Gasteiger partial charge is 0.226 e. The summed E-state index contributed by atoms with van der Waals surface area (Å²) in [5.41, 5.74) is 0.372. The van der Waals surface area contributed by atoms with Crippen LogP contribution in [0.4, 0.5) is 10.1 Å². The lowest BCUT2D eigenvalue weighted by atomic mass is 10.0. The third kappa shape index (κ3) is 4.70. The highest BCUT2D eigenvalue weighted by atomic mass is 19.1. The third-order valence-corrected chi connectivity index (χ3v) is 3.98. The second-order valence-electron chi connectivity index (χ2n) is 6.23. The predicted octanol–water partition coefficient (Wildman–Crippen LogP) is 3.49. The highest BCUT2D eigenvalue weighted by Crippen LogP contribution is 2.27. The van der Waals surface area contributed by atoms with E-state index in [1.54, 1.807) is 12.1 Å². The van der Waals surface area contributed by atoms with Crippen LogP contribution in [0.3, 0.4) is 0 Å². The Morgan fingerprint density at radius 2 is 2.09 bits per heavy atom. The molecule has 1 aromatic rings. The van der Waals surface area contributed by atoms with Gasteiger partial charge in [-0.15, -0.1) is 0 Å². The maximum atomic E-state index is 14.0. The number of benzene rings is 1. The van der Waals surface area contributed by atoms with Crippen molar-refractivity contribution in [1.82, 2.24) is 0 Å². The lowest BCUT2D eigenvalue weighted by Gasteiger charge is -2.16. The maximum Gasteiger partial charge on any atom is 0.226 e. The minimum atomic E-state index is -0.699. The molecule has 1 aromatic carbocycles. The first-order valence-electron chi connectivity index (χ1n) is 7.90. The van der Waals surface area contributed by atoms with Gasteiger partial charge >= 0.3 is 0 Å². The van der Waals surface area contributed by atoms with Crippen LogP contribution in [0.25, 0.3) is 0 Å². The molecule has 0 radical (unpaired) electrons. The van der Waals surface area contributed by atoms with Crippen LogP contribution < -0.4 is 10.1 Å². The summed E-state index contributed by atoms with van der Waals surface area (Å²) in [5, 5.41) is 12.3. The van der Waals surface area contributed by atoms with Crippen LogP contribution in [0.2, 0.25) is 0 Å². The van der Waals surface area contributed by atoms with Crippen LogP contribution in [0.5, 0.6) is 5.75 Å². The number of ether oxygens (including phenoxy) is 1. The number of nitrogens with one attached hydrogen (secondary N) is 1. The zero-order valence-electron chi connectivity index (χ0n) is 13.1. The molecule has 0 aromatic heterocycles. The van der Waals surface area contributed by atoms with Gasteiger partial charge in [0.15, 0.2) is 11.6 Å². The van der Waals surface area contributed by atoms with Gasteiger partial charge in [-0.1, -0.05) is 13.8 Å². The first-order valence-corrected chi connectivity index (χ1v) is 7.90. The van der Waals surface area contributed by atoms with Crippen LogP contribution in [0.15, 0.2) is 18.2 Å². The van der Waals surface area contributed by atoms with Crippen molar-refractivity contribution in [3.63, 3.8) is 0 Å². The molecule has 1 amide bonds. The standard InChI is InChI=1S/C17H24FNO3/c1-11(2)15(20)10-17(21)19-12-7-8-16(14(18)9-12)22-13-5-3-4-6-13/h7-9,11,13,15,20H,3-6,10H2,1-2H3,(H,19,21). The SMILES string of the molecule is CC(C)C(O)CC(=O)Nc1ccc(OC2CCCC2)c(F)c1. The molecule has 1 aliphatic carbocycles. The topological polar surface area (TPSA) is 58.6 Å². The molecule has 1 atom stereocenters. The summed E-state index contributed by atoms with van der Waals surface area (Å²) in [6.45, 7) is 3.68. The van der Waals surface area contributed by atoms with E-state index in [9.17, 15) is 14.3 Å². The van der Waals surface area contributed by atoms with E-state index in [4.69, 9.17) is 4.74 Å². The molecule has 5 heteroatoms. The zero-order chi connectivity index (χ0) is 16.1. The first-order chi connectivity index (χ1) is 10.5. The van der Waals surface area contributed by atoms with Crippen molar-refractivity contribution < 1.29 is 19.0 Å². The highest BCUT2D eigenvalue weighted by Gasteiger charge is 2.19. The molecular formula is C17H24FNO3. The number of carbonyl (C=O) groups is 1. The molecule has 1 fully saturated rings. The monoisotopic (exact) mass is 309 g/mol. The number of carbonyl (C=O) groups excluding carboxylic acids is 1. The Morgan fingerprint density at radius 3 is 2.68 bits per heavy atom. The van der Waals surface area contributed by atoms with E-state index in [2.05, 4.69) is 5.32 Å². The molecule has 0 saturated heterocycles. The van der Waals surface area contributed by atoms with Gasteiger partial charge < -0.3 is 15.2 Å². The number of halogens is 1. The van der Waals surface area contributed by atoms with Gasteiger partial charge in [-0.3, -0.25) is 4.79 Å². The van der Waals surface area contributed by atoms with E-state index in [1.807, 2.05) is 13.8 Å². The molecule has 0 spiro atoms. The van der Waals surface area contributed by atoms with Crippen LogP contribution in [0, 0.1) is 11.7 Å². The minimum absolute atomic E-state index is 0.000386. The van der Waals surface area contributed by atoms with Gasteiger partial charge in [-0.25, -0.2) is 4.39 Å². The third-order valence-electron chi connectivity index (χ3n) is 3.98. The van der Waals surface area contributed by atoms with Crippen molar-refractivity contribution in [2.24, 2.45) is 5.92 Å². The van der Waals surface area contributed by atoms with Crippen LogP contribution in [-0.4, -0.2) is 23.2 Å². The van der Waals surface area contributed by atoms with Crippen molar-refractivity contribution in [3.05, 3.63) is 24.0 Å². The quantitative estimate of drug-likeness (QED) is 0.845. The van der Waals surface area contributed by atoms with Gasteiger partial charge in [-0.05, 0) is 43.7 Å². The lowest BCUT2D eigenvalue weighted by Crippen LogP contribution is -2.23. The summed E-state index contributed by atoms with van der Waals surface area (Å²) in [6.07, 6.45) is 3.57. The van der Waals surface area contributed by atoms with Crippen LogP contribution in [-0.2, 0) is 4.79 Å². The Bertz CT molecular complexity index is 513. The highest BCUT2D eigenvalue weighted by molar-refractivity contribution is 5.91. The number of aliphatic hydroxyl groups is 1. The molecule has 4 nitrogen and oxygen atoms in total. The number of rotatable bonds is 6. The Morgan fingerprint density at radius 1 is 1.41 bits per heavy atom. The largest absolute Gasteiger partial charge is 0.487 e. The summed E-state index contributed by atoms with van der Waals surface area (Å²) in [6, 6.07) is 4.42. The molecule has 0 bridgehead atoms. The van der Waals surface area contributed by atoms with E-state index in [0.29, 0.717) is 5.69 Å². The summed E-state index contributed by atoms with van der Waals surface area (Å²) < 4.78 is 19.7. The predicted molar refractivity (Wildman–Crippen MR) is 83.4 cm³/mol. The molecular weight excluding hydrogens is 285 g/mol. The van der Waals surface area contributed by atoms with Gasteiger partial charge in [0.1, 0.15) is 0 Å². The molecule has 122 valence electrons. The Hall–Kier alpha value is -1.62. The van der Waals surface area contributed by atoms with Gasteiger partial charge in [0.25, 0.3) is 0 Å². The van der Waals surface area contributed by atoms with Crippen molar-refractivity contribution in [2.75, 3.05) is 5.32 Å². The van der Waals surface area contributed by atoms with Gasteiger partial charge in [0.05, 0.1) is 18.6 Å². The average molecular weight is 309 g/mol. The molecule has 1 saturated carbocycles. The molecule has 0 heterocycles. The second-order valence-corrected chi connectivity index (χ2v) is 6.23. The van der Waals surface area contributed by atoms with E-state index < -0.39 is 11.9 Å². The summed E-state index contributed by atoms with van der Waals surface area (Å²) >= 11 is 0. The number of anilines is 1. The number of aliphatic hydroxyl groups excluding tert-OH is 1. The van der Waals surface area contributed by atoms with E-state index in [0.717, 1.165) is 25.7 Å². The van der Waals surface area contributed by atoms with Crippen molar-refractivity contribution in [3.8, 4) is 5.75 Å². The van der Waals surface area contributed by atoms with Gasteiger partial charge in [0.2, 0.25) is 5.91 Å². The molecule has 1 unspecified atom stereocenters. The number of hydrogen-bond donors (Lipinski definition) is 2. The first kappa shape index (κ1) is 16.7. The average Bonchev–Trinajstić information content (AvgIpc) is 2.94. The lowest BCUT2D eigenvalue weighted by molar-refractivity contribution is -0.118. The Kier molecular flexibility index (Phi) is 5.77. The second kappa shape index (κ2) is 7.58. The minimum Gasteiger partial charge on any atom is -0.487 e. The fourth-order valence-corrected chi connectivity index (χ4v) is 2.50. The van der Waals surface area contributed by atoms with E-state index in [-0.39, 0.29) is 30.1 Å². The summed E-state index contributed by atoms with van der Waals surface area (Å²) in [7, 11) is 0. The molecule has 22 heavy (non-hydrogen) atoms. The fraction of sp³-hybridized carbons (Fsp3) is 0.588. The molecule has 2 N–H and O–H groups in total. The van der Waals surface area contributed by atoms with E-state index >= 15 is 0 Å². The van der Waals surface area contributed by atoms with Crippen LogP contribution in [0.1, 0.15) is 46.0 Å². The van der Waals surface area contributed by atoms with Crippen molar-refractivity contribution in [2.45, 2.75) is 58.2 Å². The van der Waals surface area contributed by atoms with E-state index in [1.165, 1.54) is 6.07 Å². The normalized spacial score (nSPS) is 16.8. The van der Waals surface area contributed by atoms with Crippen molar-refractivity contribution in [1.29, 1.82) is 0 Å².